The van der Waals surface area contributed by atoms with Crippen LogP contribution in [0.3, 0.4) is 0 Å². The number of likely N-dealkylation sites (tertiary alicyclic amines) is 1. The Kier molecular flexibility index (Phi) is 6.03. The molecule has 1 saturated heterocycles. The third-order valence-corrected chi connectivity index (χ3v) is 4.77. The van der Waals surface area contributed by atoms with Crippen molar-refractivity contribution < 1.29 is 19.1 Å². The number of amides is 2. The number of pyridine rings is 1. The Morgan fingerprint density at radius 2 is 1.93 bits per heavy atom. The first-order chi connectivity index (χ1) is 13.5. The highest BCUT2D eigenvalue weighted by Crippen LogP contribution is 2.19. The lowest BCUT2D eigenvalue weighted by Gasteiger charge is -2.31. The largest absolute Gasteiger partial charge is 0.465 e. The average molecular weight is 381 g/mol. The predicted molar refractivity (Wildman–Crippen MR) is 104 cm³/mol. The Bertz CT molecular complexity index is 897. The minimum absolute atomic E-state index is 0.122. The molecule has 1 aliphatic heterocycles. The zero-order valence-corrected chi connectivity index (χ0v) is 16.0. The molecule has 2 heterocycles. The molecule has 1 fully saturated rings. The van der Waals surface area contributed by atoms with Crippen molar-refractivity contribution in [3.63, 3.8) is 0 Å². The second-order valence-corrected chi connectivity index (χ2v) is 6.95. The normalized spacial score (nSPS) is 16.4. The van der Waals surface area contributed by atoms with E-state index in [9.17, 15) is 14.4 Å². The number of methoxy groups -OCH3 is 1. The van der Waals surface area contributed by atoms with Crippen LogP contribution in [0.5, 0.6) is 0 Å². The van der Waals surface area contributed by atoms with Crippen LogP contribution in [0.4, 0.5) is 5.69 Å². The molecule has 0 aliphatic carbocycles. The minimum atomic E-state index is -0.544. The summed E-state index contributed by atoms with van der Waals surface area (Å²) >= 11 is 0. The fraction of sp³-hybridized carbons (Fsp3) is 0.333. The van der Waals surface area contributed by atoms with Crippen molar-refractivity contribution in [3.8, 4) is 0 Å². The number of carbonyl (C=O) groups excluding carboxylic acids is 3. The lowest BCUT2D eigenvalue weighted by molar-refractivity contribution is 0.0601. The summed E-state index contributed by atoms with van der Waals surface area (Å²) in [5.41, 5.74) is 1.21. The van der Waals surface area contributed by atoms with Gasteiger partial charge in [0.05, 0.1) is 29.5 Å². The molecule has 1 unspecified atom stereocenters. The summed E-state index contributed by atoms with van der Waals surface area (Å²) < 4.78 is 4.74. The first kappa shape index (κ1) is 19.5. The summed E-state index contributed by atoms with van der Waals surface area (Å²) in [6, 6.07) is 8.10. The number of rotatable bonds is 4. The fourth-order valence-electron chi connectivity index (χ4n) is 3.31. The Labute approximate surface area is 163 Å². The van der Waals surface area contributed by atoms with Crippen molar-refractivity contribution in [2.75, 3.05) is 25.5 Å². The SMILES string of the molecule is COC(=O)c1ccccc1NC(=O)c1cncc(C(=O)N2CCCC(C)C2)c1. The molecule has 1 aliphatic rings. The van der Waals surface area contributed by atoms with E-state index < -0.39 is 11.9 Å². The van der Waals surface area contributed by atoms with E-state index in [2.05, 4.69) is 17.2 Å². The van der Waals surface area contributed by atoms with Crippen LogP contribution >= 0.6 is 0 Å². The Balaban J connectivity index is 1.78. The van der Waals surface area contributed by atoms with Crippen molar-refractivity contribution in [1.29, 1.82) is 0 Å². The number of hydrogen-bond acceptors (Lipinski definition) is 5. The molecule has 28 heavy (non-hydrogen) atoms. The molecule has 146 valence electrons. The van der Waals surface area contributed by atoms with Crippen LogP contribution in [0.25, 0.3) is 0 Å². The molecule has 3 rings (SSSR count). The molecule has 0 bridgehead atoms. The maximum Gasteiger partial charge on any atom is 0.339 e. The lowest BCUT2D eigenvalue weighted by atomic mass is 9.99. The molecule has 1 aromatic heterocycles. The van der Waals surface area contributed by atoms with Crippen molar-refractivity contribution >= 4 is 23.5 Å². The van der Waals surface area contributed by atoms with Gasteiger partial charge < -0.3 is 15.0 Å². The van der Waals surface area contributed by atoms with Crippen LogP contribution in [0, 0.1) is 5.92 Å². The zero-order valence-electron chi connectivity index (χ0n) is 16.0. The first-order valence-electron chi connectivity index (χ1n) is 9.22. The number of benzene rings is 1. The average Bonchev–Trinajstić information content (AvgIpc) is 2.73. The highest BCUT2D eigenvalue weighted by molar-refractivity contribution is 6.08. The van der Waals surface area contributed by atoms with E-state index in [0.29, 0.717) is 30.3 Å². The molecule has 1 N–H and O–H groups in total. The summed E-state index contributed by atoms with van der Waals surface area (Å²) in [5, 5.41) is 2.69. The third-order valence-electron chi connectivity index (χ3n) is 4.77. The maximum atomic E-state index is 12.8. The highest BCUT2D eigenvalue weighted by atomic mass is 16.5. The second-order valence-electron chi connectivity index (χ2n) is 6.95. The predicted octanol–water partition coefficient (Wildman–Crippen LogP) is 2.99. The number of para-hydroxylation sites is 1. The van der Waals surface area contributed by atoms with Crippen molar-refractivity contribution in [2.45, 2.75) is 19.8 Å². The molecule has 0 spiro atoms. The lowest BCUT2D eigenvalue weighted by Crippen LogP contribution is -2.39. The van der Waals surface area contributed by atoms with Crippen LogP contribution in [-0.2, 0) is 4.74 Å². The van der Waals surface area contributed by atoms with Gasteiger partial charge in [0.1, 0.15) is 0 Å². The van der Waals surface area contributed by atoms with Crippen LogP contribution in [-0.4, -0.2) is 47.9 Å². The van der Waals surface area contributed by atoms with Gasteiger partial charge in [0.2, 0.25) is 0 Å². The summed E-state index contributed by atoms with van der Waals surface area (Å²) in [5.74, 6) is -0.654. The highest BCUT2D eigenvalue weighted by Gasteiger charge is 2.23. The monoisotopic (exact) mass is 381 g/mol. The van der Waals surface area contributed by atoms with Crippen molar-refractivity contribution in [3.05, 3.63) is 59.4 Å². The Hall–Kier alpha value is -3.22. The molecule has 2 aromatic rings. The van der Waals surface area contributed by atoms with Gasteiger partial charge >= 0.3 is 5.97 Å². The minimum Gasteiger partial charge on any atom is -0.465 e. The number of anilines is 1. The van der Waals surface area contributed by atoms with Gasteiger partial charge in [-0.25, -0.2) is 4.79 Å². The number of piperidine rings is 1. The van der Waals surface area contributed by atoms with Gasteiger partial charge in [-0.1, -0.05) is 19.1 Å². The summed E-state index contributed by atoms with van der Waals surface area (Å²) in [6.07, 6.45) is 4.96. The van der Waals surface area contributed by atoms with Crippen LogP contribution < -0.4 is 5.32 Å². The van der Waals surface area contributed by atoms with E-state index >= 15 is 0 Å². The maximum absolute atomic E-state index is 12.8. The Morgan fingerprint density at radius 3 is 2.68 bits per heavy atom. The number of ether oxygens (including phenoxy) is 1. The molecule has 7 nitrogen and oxygen atoms in total. The van der Waals surface area contributed by atoms with Gasteiger partial charge in [0, 0.05) is 25.5 Å². The molecule has 7 heteroatoms. The van der Waals surface area contributed by atoms with Gasteiger partial charge in [-0.3, -0.25) is 14.6 Å². The van der Waals surface area contributed by atoms with Gasteiger partial charge in [-0.2, -0.15) is 0 Å². The third kappa shape index (κ3) is 4.36. The number of carbonyl (C=O) groups is 3. The molecule has 1 atom stereocenters. The quantitative estimate of drug-likeness (QED) is 0.823. The number of hydrogen-bond donors (Lipinski definition) is 1. The van der Waals surface area contributed by atoms with Gasteiger partial charge in [-0.05, 0) is 37.0 Å². The van der Waals surface area contributed by atoms with E-state index in [1.54, 1.807) is 29.2 Å². The number of esters is 1. The fourth-order valence-corrected chi connectivity index (χ4v) is 3.31. The number of nitrogens with zero attached hydrogens (tertiary/aromatic N) is 2. The first-order valence-corrected chi connectivity index (χ1v) is 9.22. The van der Waals surface area contributed by atoms with E-state index in [1.807, 2.05) is 0 Å². The number of aromatic nitrogens is 1. The Morgan fingerprint density at radius 1 is 1.18 bits per heavy atom. The van der Waals surface area contributed by atoms with E-state index in [-0.39, 0.29) is 17.0 Å². The van der Waals surface area contributed by atoms with Crippen molar-refractivity contribution in [1.82, 2.24) is 9.88 Å². The van der Waals surface area contributed by atoms with Crippen LogP contribution in [0.15, 0.2) is 42.7 Å². The second kappa shape index (κ2) is 8.65. The van der Waals surface area contributed by atoms with Crippen molar-refractivity contribution in [2.24, 2.45) is 5.92 Å². The standard InChI is InChI=1S/C21H23N3O4/c1-14-6-5-9-24(13-14)20(26)16-10-15(11-22-12-16)19(25)23-18-8-4-3-7-17(18)21(27)28-2/h3-4,7-8,10-12,14H,5-6,9,13H2,1-2H3,(H,23,25). The van der Waals surface area contributed by atoms with E-state index in [0.717, 1.165) is 12.8 Å². The van der Waals surface area contributed by atoms with Gasteiger partial charge in [0.15, 0.2) is 0 Å². The summed E-state index contributed by atoms with van der Waals surface area (Å²) in [7, 11) is 1.28. The summed E-state index contributed by atoms with van der Waals surface area (Å²) in [6.45, 7) is 3.55. The molecule has 2 amide bonds. The van der Waals surface area contributed by atoms with E-state index in [4.69, 9.17) is 4.74 Å². The topological polar surface area (TPSA) is 88.6 Å². The molecule has 0 radical (unpaired) electrons. The molecular formula is C21H23N3O4. The summed E-state index contributed by atoms with van der Waals surface area (Å²) in [4.78, 5) is 43.1. The molecular weight excluding hydrogens is 358 g/mol. The van der Waals surface area contributed by atoms with Gasteiger partial charge in [0.25, 0.3) is 11.8 Å². The molecule has 1 aromatic carbocycles. The van der Waals surface area contributed by atoms with Crippen LogP contribution in [0.2, 0.25) is 0 Å². The molecule has 0 saturated carbocycles. The van der Waals surface area contributed by atoms with E-state index in [1.165, 1.54) is 25.6 Å². The smallest absolute Gasteiger partial charge is 0.339 e. The van der Waals surface area contributed by atoms with Gasteiger partial charge in [-0.15, -0.1) is 0 Å². The number of nitrogens with one attached hydrogen (secondary N) is 1. The zero-order chi connectivity index (χ0) is 20.1. The van der Waals surface area contributed by atoms with Crippen LogP contribution in [0.1, 0.15) is 50.8 Å².